The number of anilines is 1. The van der Waals surface area contributed by atoms with Gasteiger partial charge in [-0.15, -0.1) is 0 Å². The molecule has 1 amide bonds. The van der Waals surface area contributed by atoms with Gasteiger partial charge in [-0.3, -0.25) is 9.69 Å². The molecule has 0 fully saturated rings. The Balaban J connectivity index is 1.91. The van der Waals surface area contributed by atoms with Crippen LogP contribution in [0.1, 0.15) is 16.7 Å². The minimum atomic E-state index is 0.0867. The van der Waals surface area contributed by atoms with Crippen LogP contribution in [0.15, 0.2) is 40.9 Å². The van der Waals surface area contributed by atoms with E-state index in [9.17, 15) is 4.79 Å². The van der Waals surface area contributed by atoms with E-state index in [4.69, 9.17) is 4.98 Å². The number of aromatic nitrogens is 1. The second-order valence-corrected chi connectivity index (χ2v) is 8.99. The Morgan fingerprint density at radius 2 is 1.89 bits per heavy atom. The zero-order valence-electron chi connectivity index (χ0n) is 16.1. The summed E-state index contributed by atoms with van der Waals surface area (Å²) in [7, 11) is 4.03. The molecule has 0 radical (unpaired) electrons. The fourth-order valence-electron chi connectivity index (χ4n) is 2.88. The molecule has 0 aliphatic rings. The summed E-state index contributed by atoms with van der Waals surface area (Å²) in [6.45, 7) is 5.53. The fourth-order valence-corrected chi connectivity index (χ4v) is 4.44. The molecule has 4 nitrogen and oxygen atoms in total. The summed E-state index contributed by atoms with van der Waals surface area (Å²) in [6, 6.07) is 12.3. The first-order valence-electron chi connectivity index (χ1n) is 8.91. The maximum Gasteiger partial charge on any atom is 0.233 e. The van der Waals surface area contributed by atoms with Crippen LogP contribution in [0.25, 0.3) is 10.2 Å². The number of nitrogens with zero attached hydrogens (tertiary/aromatic N) is 3. The van der Waals surface area contributed by atoms with Crippen molar-refractivity contribution in [2.45, 2.75) is 20.3 Å². The van der Waals surface area contributed by atoms with Crippen molar-refractivity contribution in [1.82, 2.24) is 9.88 Å². The highest BCUT2D eigenvalue weighted by molar-refractivity contribution is 9.10. The third-order valence-electron chi connectivity index (χ3n) is 4.49. The number of hydrogen-bond acceptors (Lipinski definition) is 4. The van der Waals surface area contributed by atoms with Crippen molar-refractivity contribution in [3.05, 3.63) is 57.6 Å². The van der Waals surface area contributed by atoms with Gasteiger partial charge in [-0.25, -0.2) is 4.98 Å². The molecule has 3 rings (SSSR count). The van der Waals surface area contributed by atoms with Gasteiger partial charge in [-0.05, 0) is 57.3 Å². The topological polar surface area (TPSA) is 36.4 Å². The minimum absolute atomic E-state index is 0.0867. The van der Waals surface area contributed by atoms with Crippen molar-refractivity contribution in [2.24, 2.45) is 0 Å². The first-order valence-corrected chi connectivity index (χ1v) is 10.5. The van der Waals surface area contributed by atoms with Crippen molar-refractivity contribution in [3.8, 4) is 0 Å². The summed E-state index contributed by atoms with van der Waals surface area (Å²) < 4.78 is 2.10. The average molecular weight is 446 g/mol. The Morgan fingerprint density at radius 1 is 1.11 bits per heavy atom. The molecule has 0 N–H and O–H groups in total. The largest absolute Gasteiger partial charge is 0.308 e. The van der Waals surface area contributed by atoms with Gasteiger partial charge in [0.15, 0.2) is 5.13 Å². The van der Waals surface area contributed by atoms with Gasteiger partial charge in [-0.1, -0.05) is 51.0 Å². The summed E-state index contributed by atoms with van der Waals surface area (Å²) in [5, 5.41) is 0.764. The van der Waals surface area contributed by atoms with Gasteiger partial charge in [0.05, 0.1) is 16.6 Å². The smallest absolute Gasteiger partial charge is 0.233 e. The van der Waals surface area contributed by atoms with Crippen molar-refractivity contribution in [3.63, 3.8) is 0 Å². The number of benzene rings is 2. The maximum absolute atomic E-state index is 13.2. The van der Waals surface area contributed by atoms with Crippen LogP contribution in [0.2, 0.25) is 0 Å². The lowest BCUT2D eigenvalue weighted by Gasteiger charge is -2.22. The lowest BCUT2D eigenvalue weighted by atomic mass is 10.0. The predicted octanol–water partition coefficient (Wildman–Crippen LogP) is 4.81. The molecule has 142 valence electrons. The second-order valence-electron chi connectivity index (χ2n) is 7.06. The van der Waals surface area contributed by atoms with E-state index in [1.807, 2.05) is 31.1 Å². The zero-order valence-corrected chi connectivity index (χ0v) is 18.5. The molecule has 2 aromatic carbocycles. The number of halogens is 1. The summed E-state index contributed by atoms with van der Waals surface area (Å²) in [5.41, 5.74) is 4.33. The third kappa shape index (κ3) is 4.94. The average Bonchev–Trinajstić information content (AvgIpc) is 3.00. The molecule has 1 aromatic heterocycles. The summed E-state index contributed by atoms with van der Waals surface area (Å²) in [5.74, 6) is 0.0867. The van der Waals surface area contributed by atoms with Crippen LogP contribution in [-0.4, -0.2) is 43.0 Å². The highest BCUT2D eigenvalue weighted by Gasteiger charge is 2.21. The normalized spacial score (nSPS) is 11.3. The standard InChI is InChI=1S/C21H24BrN3OS/c1-14-5-6-15(2)16(11-14)12-20(26)25(10-9-24(3)4)21-23-18-8-7-17(22)13-19(18)27-21/h5-8,11,13H,9-10,12H2,1-4H3. The number of rotatable bonds is 6. The number of aryl methyl sites for hydroxylation is 2. The van der Waals surface area contributed by atoms with E-state index in [1.165, 1.54) is 5.56 Å². The molecular formula is C21H24BrN3OS. The SMILES string of the molecule is Cc1ccc(C)c(CC(=O)N(CCN(C)C)c2nc3ccc(Br)cc3s2)c1. The molecule has 0 atom stereocenters. The van der Waals surface area contributed by atoms with Gasteiger partial charge in [-0.2, -0.15) is 0 Å². The molecule has 27 heavy (non-hydrogen) atoms. The first kappa shape index (κ1) is 20.0. The number of thiazole rings is 1. The highest BCUT2D eigenvalue weighted by Crippen LogP contribution is 2.31. The van der Waals surface area contributed by atoms with E-state index < -0.39 is 0 Å². The molecule has 0 saturated carbocycles. The van der Waals surface area contributed by atoms with E-state index in [0.29, 0.717) is 13.0 Å². The monoisotopic (exact) mass is 445 g/mol. The van der Waals surface area contributed by atoms with Gasteiger partial charge < -0.3 is 4.90 Å². The number of fused-ring (bicyclic) bond motifs is 1. The van der Waals surface area contributed by atoms with Gasteiger partial charge in [0.25, 0.3) is 0 Å². The Hall–Kier alpha value is -1.76. The molecule has 0 saturated heterocycles. The van der Waals surface area contributed by atoms with E-state index >= 15 is 0 Å². The summed E-state index contributed by atoms with van der Waals surface area (Å²) in [6.07, 6.45) is 0.389. The van der Waals surface area contributed by atoms with Gasteiger partial charge in [0.2, 0.25) is 5.91 Å². The molecule has 0 aliphatic carbocycles. The summed E-state index contributed by atoms with van der Waals surface area (Å²) in [4.78, 5) is 21.8. The molecule has 1 heterocycles. The maximum atomic E-state index is 13.2. The van der Waals surface area contributed by atoms with E-state index in [0.717, 1.165) is 37.5 Å². The van der Waals surface area contributed by atoms with Gasteiger partial charge in [0, 0.05) is 17.6 Å². The Kier molecular flexibility index (Phi) is 6.29. The molecule has 0 aliphatic heterocycles. The van der Waals surface area contributed by atoms with Crippen LogP contribution in [0, 0.1) is 13.8 Å². The van der Waals surface area contributed by atoms with Crippen LogP contribution in [0.4, 0.5) is 5.13 Å². The van der Waals surface area contributed by atoms with Crippen LogP contribution < -0.4 is 4.90 Å². The van der Waals surface area contributed by atoms with Crippen LogP contribution in [0.3, 0.4) is 0 Å². The highest BCUT2D eigenvalue weighted by atomic mass is 79.9. The third-order valence-corrected chi connectivity index (χ3v) is 6.02. The Labute approximate surface area is 172 Å². The zero-order chi connectivity index (χ0) is 19.6. The lowest BCUT2D eigenvalue weighted by Crippen LogP contribution is -2.37. The second kappa shape index (κ2) is 8.50. The van der Waals surface area contributed by atoms with E-state index in [2.05, 4.69) is 58.9 Å². The lowest BCUT2D eigenvalue weighted by molar-refractivity contribution is -0.118. The number of amides is 1. The van der Waals surface area contributed by atoms with Crippen molar-refractivity contribution in [1.29, 1.82) is 0 Å². The van der Waals surface area contributed by atoms with Crippen LogP contribution in [-0.2, 0) is 11.2 Å². The van der Waals surface area contributed by atoms with Crippen LogP contribution >= 0.6 is 27.3 Å². The van der Waals surface area contributed by atoms with Crippen molar-refractivity contribution < 1.29 is 4.79 Å². The Bertz CT molecular complexity index is 967. The molecule has 0 spiro atoms. The predicted molar refractivity (Wildman–Crippen MR) is 118 cm³/mol. The van der Waals surface area contributed by atoms with E-state index in [1.54, 1.807) is 11.3 Å². The van der Waals surface area contributed by atoms with E-state index in [-0.39, 0.29) is 5.91 Å². The first-order chi connectivity index (χ1) is 12.8. The van der Waals surface area contributed by atoms with Crippen molar-refractivity contribution >= 4 is 48.5 Å². The molecule has 6 heteroatoms. The van der Waals surface area contributed by atoms with Gasteiger partial charge in [0.1, 0.15) is 0 Å². The Morgan fingerprint density at radius 3 is 2.63 bits per heavy atom. The minimum Gasteiger partial charge on any atom is -0.308 e. The molecule has 0 bridgehead atoms. The number of hydrogen-bond donors (Lipinski definition) is 0. The van der Waals surface area contributed by atoms with Crippen LogP contribution in [0.5, 0.6) is 0 Å². The molecule has 3 aromatic rings. The quantitative estimate of drug-likeness (QED) is 0.545. The van der Waals surface area contributed by atoms with Crippen molar-refractivity contribution in [2.75, 3.05) is 32.1 Å². The summed E-state index contributed by atoms with van der Waals surface area (Å²) >= 11 is 5.07. The molecule has 0 unspecified atom stereocenters. The number of carbonyl (C=O) groups excluding carboxylic acids is 1. The van der Waals surface area contributed by atoms with Gasteiger partial charge >= 0.3 is 0 Å². The fraction of sp³-hybridized carbons (Fsp3) is 0.333. The molecular weight excluding hydrogens is 422 g/mol. The number of likely N-dealkylation sites (N-methyl/N-ethyl adjacent to an activating group) is 1. The number of carbonyl (C=O) groups is 1.